The minimum absolute atomic E-state index is 0.0854. The lowest BCUT2D eigenvalue weighted by Gasteiger charge is -2.10. The number of benzene rings is 2. The van der Waals surface area contributed by atoms with E-state index in [-0.39, 0.29) is 5.91 Å². The van der Waals surface area contributed by atoms with Gasteiger partial charge in [-0.3, -0.25) is 4.79 Å². The Kier molecular flexibility index (Phi) is 14.0. The Balaban J connectivity index is 1.66. The molecule has 36 heavy (non-hydrogen) atoms. The van der Waals surface area contributed by atoms with Gasteiger partial charge in [0.05, 0.1) is 18.9 Å². The summed E-state index contributed by atoms with van der Waals surface area (Å²) in [7, 11) is 1.51. The lowest BCUT2D eigenvalue weighted by molar-refractivity contribution is -0.121. The van der Waals surface area contributed by atoms with Crippen molar-refractivity contribution in [1.29, 1.82) is 0 Å². The zero-order chi connectivity index (χ0) is 26.0. The van der Waals surface area contributed by atoms with Crippen LogP contribution in [0.25, 0.3) is 0 Å². The molecule has 0 spiro atoms. The number of nitrogens with one attached hydrogen (secondary N) is 1. The summed E-state index contributed by atoms with van der Waals surface area (Å²) in [6.45, 7) is 4.21. The summed E-state index contributed by atoms with van der Waals surface area (Å²) in [4.78, 5) is 24.4. The van der Waals surface area contributed by atoms with E-state index in [1.54, 1.807) is 36.5 Å². The number of ether oxygens (including phenoxy) is 2. The predicted molar refractivity (Wildman–Crippen MR) is 146 cm³/mol. The molecule has 6 nitrogen and oxygen atoms in total. The van der Waals surface area contributed by atoms with E-state index in [0.29, 0.717) is 23.5 Å². The first-order chi connectivity index (χ1) is 17.5. The summed E-state index contributed by atoms with van der Waals surface area (Å²) in [5.41, 5.74) is 4.84. The fraction of sp³-hybridized carbons (Fsp3) is 0.500. The van der Waals surface area contributed by atoms with Gasteiger partial charge in [0.1, 0.15) is 0 Å². The van der Waals surface area contributed by atoms with Crippen LogP contribution in [0, 0.1) is 6.92 Å². The number of methoxy groups -OCH3 is 1. The van der Waals surface area contributed by atoms with Crippen LogP contribution in [0.4, 0.5) is 0 Å². The number of hydrogen-bond acceptors (Lipinski definition) is 5. The van der Waals surface area contributed by atoms with Crippen molar-refractivity contribution in [3.8, 4) is 11.5 Å². The Morgan fingerprint density at radius 3 is 2.06 bits per heavy atom. The maximum absolute atomic E-state index is 12.4. The van der Waals surface area contributed by atoms with Crippen molar-refractivity contribution in [2.45, 2.75) is 90.9 Å². The number of unbranched alkanes of at least 4 members (excludes halogenated alkanes) is 10. The lowest BCUT2D eigenvalue weighted by Crippen LogP contribution is -2.16. The quantitative estimate of drug-likeness (QED) is 0.0818. The Hall–Kier alpha value is -3.15. The van der Waals surface area contributed by atoms with Crippen LogP contribution in [0.2, 0.25) is 0 Å². The lowest BCUT2D eigenvalue weighted by atomic mass is 10.1. The monoisotopic (exact) mass is 494 g/mol. The molecule has 0 unspecified atom stereocenters. The van der Waals surface area contributed by atoms with Gasteiger partial charge >= 0.3 is 5.97 Å². The van der Waals surface area contributed by atoms with Crippen LogP contribution < -0.4 is 14.9 Å². The average molecular weight is 495 g/mol. The highest BCUT2D eigenvalue weighted by Crippen LogP contribution is 2.28. The fourth-order valence-corrected chi connectivity index (χ4v) is 3.88. The molecule has 2 aromatic carbocycles. The summed E-state index contributed by atoms with van der Waals surface area (Å²) >= 11 is 0. The second-order valence-electron chi connectivity index (χ2n) is 9.24. The minimum Gasteiger partial charge on any atom is -0.493 e. The van der Waals surface area contributed by atoms with Crippen molar-refractivity contribution in [2.24, 2.45) is 5.10 Å². The van der Waals surface area contributed by atoms with Gasteiger partial charge in [-0.05, 0) is 49.2 Å². The van der Waals surface area contributed by atoms with E-state index >= 15 is 0 Å². The van der Waals surface area contributed by atoms with Gasteiger partial charge in [-0.15, -0.1) is 0 Å². The van der Waals surface area contributed by atoms with E-state index in [4.69, 9.17) is 9.47 Å². The van der Waals surface area contributed by atoms with Gasteiger partial charge in [0.25, 0.3) is 0 Å². The summed E-state index contributed by atoms with van der Waals surface area (Å²) in [6.07, 6.45) is 15.8. The van der Waals surface area contributed by atoms with Crippen molar-refractivity contribution in [2.75, 3.05) is 7.11 Å². The van der Waals surface area contributed by atoms with Crippen molar-refractivity contribution >= 4 is 18.1 Å². The Labute approximate surface area is 216 Å². The van der Waals surface area contributed by atoms with Crippen molar-refractivity contribution in [1.82, 2.24) is 5.43 Å². The maximum atomic E-state index is 12.4. The molecule has 2 rings (SSSR count). The molecule has 0 saturated carbocycles. The number of amides is 1. The summed E-state index contributed by atoms with van der Waals surface area (Å²) in [5, 5.41) is 4.05. The molecule has 0 fully saturated rings. The third-order valence-corrected chi connectivity index (χ3v) is 6.09. The van der Waals surface area contributed by atoms with Crippen molar-refractivity contribution in [3.63, 3.8) is 0 Å². The molecule has 0 aromatic heterocycles. The zero-order valence-electron chi connectivity index (χ0n) is 22.2. The van der Waals surface area contributed by atoms with Crippen LogP contribution in [0.1, 0.15) is 105 Å². The third-order valence-electron chi connectivity index (χ3n) is 6.09. The summed E-state index contributed by atoms with van der Waals surface area (Å²) < 4.78 is 10.9. The minimum atomic E-state index is -0.454. The molecule has 196 valence electrons. The number of nitrogens with zero attached hydrogens (tertiary/aromatic N) is 1. The maximum Gasteiger partial charge on any atom is 0.343 e. The highest BCUT2D eigenvalue weighted by atomic mass is 16.6. The molecule has 2 aromatic rings. The van der Waals surface area contributed by atoms with Gasteiger partial charge in [0.2, 0.25) is 5.91 Å². The first kappa shape index (κ1) is 29.1. The van der Waals surface area contributed by atoms with E-state index < -0.39 is 5.97 Å². The predicted octanol–water partition coefficient (Wildman–Crippen LogP) is 7.37. The van der Waals surface area contributed by atoms with E-state index in [1.165, 1.54) is 64.9 Å². The molecule has 6 heteroatoms. The molecular weight excluding hydrogens is 452 g/mol. The van der Waals surface area contributed by atoms with Crippen LogP contribution >= 0.6 is 0 Å². The SMILES string of the molecule is CCCCCCCCCCCCCC(=O)N/N=C\c1ccc(OC(=O)c2ccc(C)cc2)c(OC)c1. The van der Waals surface area contributed by atoms with Crippen LogP contribution in [-0.2, 0) is 4.79 Å². The molecule has 0 saturated heterocycles. The topological polar surface area (TPSA) is 77.0 Å². The first-order valence-electron chi connectivity index (χ1n) is 13.3. The average Bonchev–Trinajstić information content (AvgIpc) is 2.88. The van der Waals surface area contributed by atoms with Gasteiger partial charge < -0.3 is 9.47 Å². The summed E-state index contributed by atoms with van der Waals surface area (Å²) in [6, 6.07) is 12.3. The molecule has 1 amide bonds. The standard InChI is InChI=1S/C30H42N2O4/c1-4-5-6-7-8-9-10-11-12-13-14-15-29(33)32-31-23-25-18-21-27(28(22-25)35-3)36-30(34)26-19-16-24(2)17-20-26/h16-23H,4-15H2,1-3H3,(H,32,33)/b31-23-. The number of esters is 1. The van der Waals surface area contributed by atoms with Crippen molar-refractivity contribution in [3.05, 3.63) is 59.2 Å². The zero-order valence-corrected chi connectivity index (χ0v) is 22.2. The van der Waals surface area contributed by atoms with Crippen LogP contribution in [-0.4, -0.2) is 25.2 Å². The van der Waals surface area contributed by atoms with Crippen LogP contribution in [0.15, 0.2) is 47.6 Å². The van der Waals surface area contributed by atoms with E-state index in [2.05, 4.69) is 17.5 Å². The molecule has 0 aliphatic heterocycles. The Morgan fingerprint density at radius 2 is 1.44 bits per heavy atom. The second-order valence-corrected chi connectivity index (χ2v) is 9.24. The number of aryl methyl sites for hydroxylation is 1. The van der Waals surface area contributed by atoms with E-state index in [1.807, 2.05) is 19.1 Å². The molecule has 0 aliphatic rings. The number of hydrazone groups is 1. The van der Waals surface area contributed by atoms with Crippen LogP contribution in [0.5, 0.6) is 11.5 Å². The molecule has 1 N–H and O–H groups in total. The number of carbonyl (C=O) groups excluding carboxylic acids is 2. The highest BCUT2D eigenvalue weighted by Gasteiger charge is 2.12. The van der Waals surface area contributed by atoms with Gasteiger partial charge in [0, 0.05) is 6.42 Å². The fourth-order valence-electron chi connectivity index (χ4n) is 3.88. The highest BCUT2D eigenvalue weighted by molar-refractivity contribution is 5.91. The molecule has 0 radical (unpaired) electrons. The second kappa shape index (κ2) is 17.3. The van der Waals surface area contributed by atoms with Gasteiger partial charge in [0.15, 0.2) is 11.5 Å². The molecule has 0 heterocycles. The Morgan fingerprint density at radius 1 is 0.833 bits per heavy atom. The third kappa shape index (κ3) is 11.5. The smallest absolute Gasteiger partial charge is 0.343 e. The largest absolute Gasteiger partial charge is 0.493 e. The molecule has 0 aliphatic carbocycles. The normalized spacial score (nSPS) is 11.0. The molecular formula is C30H42N2O4. The number of carbonyl (C=O) groups is 2. The molecule has 0 bridgehead atoms. The summed E-state index contributed by atoms with van der Waals surface area (Å²) in [5.74, 6) is 0.189. The van der Waals surface area contributed by atoms with E-state index in [0.717, 1.165) is 24.0 Å². The van der Waals surface area contributed by atoms with Crippen molar-refractivity contribution < 1.29 is 19.1 Å². The Bertz CT molecular complexity index is 954. The number of rotatable bonds is 17. The van der Waals surface area contributed by atoms with Crippen LogP contribution in [0.3, 0.4) is 0 Å². The van der Waals surface area contributed by atoms with Gasteiger partial charge in [-0.2, -0.15) is 5.10 Å². The van der Waals surface area contributed by atoms with E-state index in [9.17, 15) is 9.59 Å². The molecule has 0 atom stereocenters. The first-order valence-corrected chi connectivity index (χ1v) is 13.3. The van der Waals surface area contributed by atoms with Gasteiger partial charge in [-0.25, -0.2) is 10.2 Å². The number of hydrogen-bond donors (Lipinski definition) is 1. The van der Waals surface area contributed by atoms with Gasteiger partial charge in [-0.1, -0.05) is 88.8 Å².